The molecule has 0 bridgehead atoms. The van der Waals surface area contributed by atoms with Crippen molar-refractivity contribution < 1.29 is 18.3 Å². The average molecular weight is 317 g/mol. The second-order valence-corrected chi connectivity index (χ2v) is 8.25. The van der Waals surface area contributed by atoms with Crippen LogP contribution in [0.15, 0.2) is 16.3 Å². The van der Waals surface area contributed by atoms with Crippen molar-refractivity contribution >= 4 is 27.3 Å². The number of nitrogens with zero attached hydrogens (tertiary/aromatic N) is 1. The quantitative estimate of drug-likeness (QED) is 0.904. The Balaban J connectivity index is 2.24. The van der Waals surface area contributed by atoms with E-state index in [0.29, 0.717) is 11.4 Å². The molecule has 1 aromatic heterocycles. The van der Waals surface area contributed by atoms with Gasteiger partial charge in [-0.05, 0) is 31.4 Å². The van der Waals surface area contributed by atoms with Crippen molar-refractivity contribution in [3.8, 4) is 0 Å². The fraction of sp³-hybridized carbons (Fsp3) is 0.615. The van der Waals surface area contributed by atoms with Crippen LogP contribution in [0.2, 0.25) is 0 Å². The number of piperidine rings is 1. The summed E-state index contributed by atoms with van der Waals surface area (Å²) in [5.74, 6) is -0.944. The van der Waals surface area contributed by atoms with Gasteiger partial charge in [-0.3, -0.25) is 4.79 Å². The first-order chi connectivity index (χ1) is 9.45. The molecule has 112 valence electrons. The second kappa shape index (κ2) is 6.24. The van der Waals surface area contributed by atoms with Gasteiger partial charge in [-0.15, -0.1) is 11.3 Å². The van der Waals surface area contributed by atoms with E-state index in [2.05, 4.69) is 0 Å². The van der Waals surface area contributed by atoms with Crippen LogP contribution in [0.25, 0.3) is 0 Å². The van der Waals surface area contributed by atoms with Gasteiger partial charge in [0.2, 0.25) is 0 Å². The number of hydrogen-bond donors (Lipinski definition) is 1. The van der Waals surface area contributed by atoms with E-state index < -0.39 is 16.0 Å². The van der Waals surface area contributed by atoms with Crippen LogP contribution in [0.1, 0.15) is 37.5 Å². The van der Waals surface area contributed by atoms with E-state index in [1.165, 1.54) is 6.07 Å². The number of carboxylic acids is 1. The van der Waals surface area contributed by atoms with Crippen LogP contribution < -0.4 is 0 Å². The molecule has 1 N–H and O–H groups in total. The van der Waals surface area contributed by atoms with E-state index in [-0.39, 0.29) is 16.7 Å². The highest BCUT2D eigenvalue weighted by Crippen LogP contribution is 2.30. The van der Waals surface area contributed by atoms with Gasteiger partial charge in [0.1, 0.15) is 4.21 Å². The maximum absolute atomic E-state index is 12.6. The molecule has 1 aromatic rings. The Bertz CT molecular complexity index is 579. The van der Waals surface area contributed by atoms with Gasteiger partial charge < -0.3 is 5.11 Å². The lowest BCUT2D eigenvalue weighted by Crippen LogP contribution is -2.42. The van der Waals surface area contributed by atoms with E-state index in [0.717, 1.165) is 37.0 Å². The number of thiophene rings is 1. The molecule has 0 radical (unpaired) electrons. The van der Waals surface area contributed by atoms with Gasteiger partial charge in [-0.2, -0.15) is 4.31 Å². The van der Waals surface area contributed by atoms with Crippen molar-refractivity contribution in [2.75, 3.05) is 6.54 Å². The highest BCUT2D eigenvalue weighted by atomic mass is 32.2. The molecule has 1 atom stereocenters. The molecule has 7 heteroatoms. The summed E-state index contributed by atoms with van der Waals surface area (Å²) in [4.78, 5) is 11.2. The van der Waals surface area contributed by atoms with Gasteiger partial charge in [0, 0.05) is 17.5 Å². The van der Waals surface area contributed by atoms with Gasteiger partial charge in [-0.25, -0.2) is 8.42 Å². The third-order valence-electron chi connectivity index (χ3n) is 3.57. The first-order valence-electron chi connectivity index (χ1n) is 6.77. The van der Waals surface area contributed by atoms with Crippen molar-refractivity contribution in [1.82, 2.24) is 4.31 Å². The van der Waals surface area contributed by atoms with E-state index in [1.807, 2.05) is 6.92 Å². The second-order valence-electron chi connectivity index (χ2n) is 4.96. The predicted octanol–water partition coefficient (Wildman–Crippen LogP) is 2.33. The number of carboxylic acid groups (broad SMARTS) is 1. The molecular weight excluding hydrogens is 298 g/mol. The molecule has 0 aliphatic carbocycles. The predicted molar refractivity (Wildman–Crippen MR) is 77.5 cm³/mol. The lowest BCUT2D eigenvalue weighted by molar-refractivity contribution is -0.136. The normalized spacial score (nSPS) is 20.9. The summed E-state index contributed by atoms with van der Waals surface area (Å²) in [5.41, 5.74) is 0. The molecule has 0 spiro atoms. The number of rotatable bonds is 5. The molecule has 1 fully saturated rings. The first-order valence-corrected chi connectivity index (χ1v) is 9.03. The summed E-state index contributed by atoms with van der Waals surface area (Å²) in [6.45, 7) is 2.57. The molecule has 0 saturated carbocycles. The largest absolute Gasteiger partial charge is 0.481 e. The molecule has 1 saturated heterocycles. The van der Waals surface area contributed by atoms with Crippen molar-refractivity contribution in [2.24, 2.45) is 0 Å². The maximum Gasteiger partial charge on any atom is 0.308 e. The Morgan fingerprint density at radius 1 is 1.45 bits per heavy atom. The van der Waals surface area contributed by atoms with Crippen LogP contribution in [0.3, 0.4) is 0 Å². The third kappa shape index (κ3) is 3.21. The van der Waals surface area contributed by atoms with Crippen LogP contribution in [0.4, 0.5) is 0 Å². The van der Waals surface area contributed by atoms with Gasteiger partial charge in [-0.1, -0.05) is 13.3 Å². The maximum atomic E-state index is 12.6. The van der Waals surface area contributed by atoms with Crippen LogP contribution in [-0.2, 0) is 21.2 Å². The standard InChI is InChI=1S/C13H19NO4S2/c1-2-10-5-3-4-8-14(10)20(17,18)13-7-6-11(19-13)9-12(15)16/h6-7,10H,2-5,8-9H2,1H3,(H,15,16). The molecule has 0 aromatic carbocycles. The van der Waals surface area contributed by atoms with Crippen molar-refractivity contribution in [2.45, 2.75) is 49.3 Å². The summed E-state index contributed by atoms with van der Waals surface area (Å²) in [5, 5.41) is 8.75. The lowest BCUT2D eigenvalue weighted by Gasteiger charge is -2.33. The highest BCUT2D eigenvalue weighted by molar-refractivity contribution is 7.91. The summed E-state index contributed by atoms with van der Waals surface area (Å²) in [6, 6.07) is 3.19. The van der Waals surface area contributed by atoms with Gasteiger partial charge in [0.25, 0.3) is 10.0 Å². The summed E-state index contributed by atoms with van der Waals surface area (Å²) in [7, 11) is -3.48. The van der Waals surface area contributed by atoms with Crippen molar-refractivity contribution in [3.05, 3.63) is 17.0 Å². The Labute approximate surface area is 123 Å². The molecular formula is C13H19NO4S2. The number of hydrogen-bond acceptors (Lipinski definition) is 4. The third-order valence-corrected chi connectivity index (χ3v) is 7.07. The Morgan fingerprint density at radius 2 is 2.20 bits per heavy atom. The molecule has 1 aliphatic heterocycles. The lowest BCUT2D eigenvalue weighted by atomic mass is 10.0. The van der Waals surface area contributed by atoms with Crippen molar-refractivity contribution in [1.29, 1.82) is 0 Å². The zero-order chi connectivity index (χ0) is 14.8. The van der Waals surface area contributed by atoms with Gasteiger partial charge >= 0.3 is 5.97 Å². The summed E-state index contributed by atoms with van der Waals surface area (Å²) in [6.07, 6.45) is 3.55. The van der Waals surface area contributed by atoms with E-state index in [9.17, 15) is 13.2 Å². The monoisotopic (exact) mass is 317 g/mol. The van der Waals surface area contributed by atoms with Gasteiger partial charge in [0.15, 0.2) is 0 Å². The summed E-state index contributed by atoms with van der Waals surface area (Å²) < 4.78 is 27.1. The molecule has 1 aliphatic rings. The molecule has 0 amide bonds. The SMILES string of the molecule is CCC1CCCCN1S(=O)(=O)c1ccc(CC(=O)O)s1. The topological polar surface area (TPSA) is 74.7 Å². The smallest absolute Gasteiger partial charge is 0.308 e. The number of aliphatic carboxylic acids is 1. The fourth-order valence-corrected chi connectivity index (χ4v) is 5.80. The van der Waals surface area contributed by atoms with Crippen LogP contribution in [0.5, 0.6) is 0 Å². The highest BCUT2D eigenvalue weighted by Gasteiger charge is 2.33. The fourth-order valence-electron chi connectivity index (χ4n) is 2.55. The Hall–Kier alpha value is -0.920. The van der Waals surface area contributed by atoms with E-state index >= 15 is 0 Å². The molecule has 2 heterocycles. The average Bonchev–Trinajstić information content (AvgIpc) is 2.87. The molecule has 1 unspecified atom stereocenters. The van der Waals surface area contributed by atoms with Crippen molar-refractivity contribution in [3.63, 3.8) is 0 Å². The number of sulfonamides is 1. The van der Waals surface area contributed by atoms with Crippen LogP contribution >= 0.6 is 11.3 Å². The van der Waals surface area contributed by atoms with E-state index in [1.54, 1.807) is 10.4 Å². The van der Waals surface area contributed by atoms with Gasteiger partial charge in [0.05, 0.1) is 6.42 Å². The number of carbonyl (C=O) groups is 1. The van der Waals surface area contributed by atoms with Crippen LogP contribution in [-0.4, -0.2) is 36.4 Å². The Morgan fingerprint density at radius 3 is 2.85 bits per heavy atom. The van der Waals surface area contributed by atoms with E-state index in [4.69, 9.17) is 5.11 Å². The van der Waals surface area contributed by atoms with Crippen LogP contribution in [0, 0.1) is 0 Å². The zero-order valence-corrected chi connectivity index (χ0v) is 13.0. The molecule has 5 nitrogen and oxygen atoms in total. The zero-order valence-electron chi connectivity index (χ0n) is 11.4. The minimum Gasteiger partial charge on any atom is -0.481 e. The summed E-state index contributed by atoms with van der Waals surface area (Å²) >= 11 is 1.06. The Kier molecular flexibility index (Phi) is 4.82. The molecule has 2 rings (SSSR count). The first kappa shape index (κ1) is 15.5. The minimum atomic E-state index is -3.48. The minimum absolute atomic E-state index is 0.0683. The molecule has 20 heavy (non-hydrogen) atoms.